The van der Waals surface area contributed by atoms with Crippen LogP contribution in [0.4, 0.5) is 0 Å². The van der Waals surface area contributed by atoms with Crippen LogP contribution < -0.4 is 0 Å². The van der Waals surface area contributed by atoms with Crippen molar-refractivity contribution in [3.05, 3.63) is 30.1 Å². The molecule has 1 aromatic carbocycles. The van der Waals surface area contributed by atoms with Gasteiger partial charge in [-0.1, -0.05) is 12.1 Å². The fourth-order valence-electron chi connectivity index (χ4n) is 3.96. The Morgan fingerprint density at radius 1 is 1.08 bits per heavy atom. The summed E-state index contributed by atoms with van der Waals surface area (Å²) in [4.78, 5) is 25.0. The zero-order valence-electron chi connectivity index (χ0n) is 14.2. The molecule has 2 saturated heterocycles. The number of hydrogen-bond donors (Lipinski definition) is 1. The van der Waals surface area contributed by atoms with E-state index in [4.69, 9.17) is 4.98 Å². The Morgan fingerprint density at radius 3 is 2.58 bits per heavy atom. The molecule has 1 aromatic heterocycles. The number of nitrogens with one attached hydrogen (secondary N) is 1. The molecular weight excluding hydrogens is 300 g/mol. The van der Waals surface area contributed by atoms with Crippen LogP contribution in [0.25, 0.3) is 11.0 Å². The summed E-state index contributed by atoms with van der Waals surface area (Å²) in [6.45, 7) is 4.47. The van der Waals surface area contributed by atoms with Crippen molar-refractivity contribution in [2.45, 2.75) is 38.0 Å². The van der Waals surface area contributed by atoms with Gasteiger partial charge in [-0.05, 0) is 57.3 Å². The number of carbonyl (C=O) groups excluding carboxylic acids is 1. The second-order valence-electron chi connectivity index (χ2n) is 7.13. The maximum atomic E-state index is 12.4. The molecule has 2 fully saturated rings. The molecule has 0 aliphatic carbocycles. The summed E-state index contributed by atoms with van der Waals surface area (Å²) in [6, 6.07) is 8.21. The smallest absolute Gasteiger partial charge is 0.236 e. The minimum atomic E-state index is 0.317. The zero-order chi connectivity index (χ0) is 16.4. The lowest BCUT2D eigenvalue weighted by Gasteiger charge is -2.33. The molecule has 2 aliphatic heterocycles. The van der Waals surface area contributed by atoms with Crippen molar-refractivity contribution in [2.24, 2.45) is 0 Å². The second kappa shape index (κ2) is 6.93. The lowest BCUT2D eigenvalue weighted by Crippen LogP contribution is -2.44. The number of imidazole rings is 1. The number of hydrogen-bond acceptors (Lipinski definition) is 3. The van der Waals surface area contributed by atoms with E-state index in [2.05, 4.69) is 26.9 Å². The molecule has 0 unspecified atom stereocenters. The predicted molar refractivity (Wildman–Crippen MR) is 94.9 cm³/mol. The minimum absolute atomic E-state index is 0.317. The van der Waals surface area contributed by atoms with Crippen LogP contribution in [0.2, 0.25) is 0 Å². The number of rotatable bonds is 3. The summed E-state index contributed by atoms with van der Waals surface area (Å²) in [5, 5.41) is 0. The van der Waals surface area contributed by atoms with Gasteiger partial charge in [-0.3, -0.25) is 9.69 Å². The van der Waals surface area contributed by atoms with Gasteiger partial charge in [-0.15, -0.1) is 0 Å². The predicted octanol–water partition coefficient (Wildman–Crippen LogP) is 2.75. The molecule has 24 heavy (non-hydrogen) atoms. The molecule has 5 heteroatoms. The molecule has 0 bridgehead atoms. The Hall–Kier alpha value is -1.88. The van der Waals surface area contributed by atoms with Crippen LogP contribution in [-0.4, -0.2) is 58.4 Å². The normalized spacial score (nSPS) is 20.6. The first-order chi connectivity index (χ1) is 11.8. The molecule has 0 spiro atoms. The highest BCUT2D eigenvalue weighted by Gasteiger charge is 2.26. The number of nitrogens with zero attached hydrogens (tertiary/aromatic N) is 3. The Labute approximate surface area is 143 Å². The minimum Gasteiger partial charge on any atom is -0.342 e. The van der Waals surface area contributed by atoms with Gasteiger partial charge in [-0.25, -0.2) is 4.98 Å². The number of aromatic amines is 1. The van der Waals surface area contributed by atoms with E-state index in [1.54, 1.807) is 0 Å². The van der Waals surface area contributed by atoms with Gasteiger partial charge in [0.15, 0.2) is 0 Å². The second-order valence-corrected chi connectivity index (χ2v) is 7.13. The Balaban J connectivity index is 1.32. The van der Waals surface area contributed by atoms with Gasteiger partial charge < -0.3 is 9.88 Å². The van der Waals surface area contributed by atoms with Crippen molar-refractivity contribution in [3.63, 3.8) is 0 Å². The van der Waals surface area contributed by atoms with Crippen molar-refractivity contribution in [3.8, 4) is 0 Å². The largest absolute Gasteiger partial charge is 0.342 e. The summed E-state index contributed by atoms with van der Waals surface area (Å²) in [5.74, 6) is 1.91. The van der Waals surface area contributed by atoms with Gasteiger partial charge in [0.2, 0.25) is 5.91 Å². The molecular formula is C19H26N4O. The zero-order valence-corrected chi connectivity index (χ0v) is 14.2. The molecule has 1 N–H and O–H groups in total. The van der Waals surface area contributed by atoms with Gasteiger partial charge in [0, 0.05) is 19.0 Å². The van der Waals surface area contributed by atoms with Crippen molar-refractivity contribution in [1.29, 1.82) is 0 Å². The number of carbonyl (C=O) groups is 1. The third-order valence-electron chi connectivity index (χ3n) is 5.45. The van der Waals surface area contributed by atoms with E-state index in [9.17, 15) is 4.79 Å². The summed E-state index contributed by atoms with van der Waals surface area (Å²) >= 11 is 0. The number of piperidine rings is 2. The Bertz CT molecular complexity index is 663. The fourth-order valence-corrected chi connectivity index (χ4v) is 3.96. The molecule has 5 nitrogen and oxygen atoms in total. The van der Waals surface area contributed by atoms with Gasteiger partial charge in [0.1, 0.15) is 5.82 Å². The number of aromatic nitrogens is 2. The van der Waals surface area contributed by atoms with Crippen molar-refractivity contribution < 1.29 is 4.79 Å². The molecule has 0 saturated carbocycles. The van der Waals surface area contributed by atoms with E-state index < -0.39 is 0 Å². The van der Waals surface area contributed by atoms with E-state index in [1.165, 1.54) is 19.3 Å². The van der Waals surface area contributed by atoms with Gasteiger partial charge >= 0.3 is 0 Å². The monoisotopic (exact) mass is 326 g/mol. The number of para-hydroxylation sites is 2. The summed E-state index contributed by atoms with van der Waals surface area (Å²) in [7, 11) is 0. The first-order valence-electron chi connectivity index (χ1n) is 9.24. The quantitative estimate of drug-likeness (QED) is 0.943. The first-order valence-corrected chi connectivity index (χ1v) is 9.24. The van der Waals surface area contributed by atoms with E-state index in [0.717, 1.165) is 55.9 Å². The van der Waals surface area contributed by atoms with Crippen LogP contribution in [-0.2, 0) is 4.79 Å². The molecule has 0 atom stereocenters. The average Bonchev–Trinajstić information content (AvgIpc) is 3.07. The maximum Gasteiger partial charge on any atom is 0.236 e. The summed E-state index contributed by atoms with van der Waals surface area (Å²) in [6.07, 6.45) is 5.76. The van der Waals surface area contributed by atoms with E-state index in [1.807, 2.05) is 12.1 Å². The van der Waals surface area contributed by atoms with Crippen LogP contribution in [0.15, 0.2) is 24.3 Å². The SMILES string of the molecule is O=C(CN1CCC(c2nc3ccccc3[nH]2)CC1)N1CCCCC1. The number of amides is 1. The number of fused-ring (bicyclic) bond motifs is 1. The van der Waals surface area contributed by atoms with Crippen molar-refractivity contribution in [2.75, 3.05) is 32.7 Å². The third kappa shape index (κ3) is 3.31. The standard InChI is InChI=1S/C19H26N4O/c24-18(23-10-4-1-5-11-23)14-22-12-8-15(9-13-22)19-20-16-6-2-3-7-17(16)21-19/h2-3,6-7,15H,1,4-5,8-14H2,(H,20,21). The van der Waals surface area contributed by atoms with Crippen LogP contribution in [0.3, 0.4) is 0 Å². The first kappa shape index (κ1) is 15.6. The third-order valence-corrected chi connectivity index (χ3v) is 5.45. The lowest BCUT2D eigenvalue weighted by atomic mass is 9.96. The average molecular weight is 326 g/mol. The van der Waals surface area contributed by atoms with E-state index >= 15 is 0 Å². The molecule has 2 aromatic rings. The highest BCUT2D eigenvalue weighted by molar-refractivity contribution is 5.78. The highest BCUT2D eigenvalue weighted by atomic mass is 16.2. The molecule has 128 valence electrons. The van der Waals surface area contributed by atoms with Crippen molar-refractivity contribution >= 4 is 16.9 Å². The van der Waals surface area contributed by atoms with E-state index in [0.29, 0.717) is 18.4 Å². The number of benzene rings is 1. The van der Waals surface area contributed by atoms with Gasteiger partial charge in [0.05, 0.1) is 17.6 Å². The summed E-state index contributed by atoms with van der Waals surface area (Å²) in [5.41, 5.74) is 2.17. The molecule has 3 heterocycles. The Morgan fingerprint density at radius 2 is 1.83 bits per heavy atom. The number of H-pyrrole nitrogens is 1. The summed E-state index contributed by atoms with van der Waals surface area (Å²) < 4.78 is 0. The molecule has 1 amide bonds. The van der Waals surface area contributed by atoms with Gasteiger partial charge in [0.25, 0.3) is 0 Å². The molecule has 4 rings (SSSR count). The van der Waals surface area contributed by atoms with Crippen LogP contribution in [0.1, 0.15) is 43.8 Å². The van der Waals surface area contributed by atoms with Gasteiger partial charge in [-0.2, -0.15) is 0 Å². The molecule has 2 aliphatic rings. The van der Waals surface area contributed by atoms with Crippen LogP contribution in [0.5, 0.6) is 0 Å². The van der Waals surface area contributed by atoms with Crippen LogP contribution in [0, 0.1) is 0 Å². The van der Waals surface area contributed by atoms with Crippen molar-refractivity contribution in [1.82, 2.24) is 19.8 Å². The number of likely N-dealkylation sites (tertiary alicyclic amines) is 2. The lowest BCUT2D eigenvalue weighted by molar-refractivity contribution is -0.133. The molecule has 0 radical (unpaired) electrons. The fraction of sp³-hybridized carbons (Fsp3) is 0.579. The highest BCUT2D eigenvalue weighted by Crippen LogP contribution is 2.27. The topological polar surface area (TPSA) is 52.2 Å². The Kier molecular flexibility index (Phi) is 4.52. The van der Waals surface area contributed by atoms with E-state index in [-0.39, 0.29) is 0 Å². The van der Waals surface area contributed by atoms with Crippen LogP contribution >= 0.6 is 0 Å². The maximum absolute atomic E-state index is 12.4.